The van der Waals surface area contributed by atoms with Gasteiger partial charge in [-0.05, 0) is 25.0 Å². The van der Waals surface area contributed by atoms with Crippen LogP contribution in [0.25, 0.3) is 0 Å². The maximum atomic E-state index is 5.28. The van der Waals surface area contributed by atoms with Crippen LogP contribution in [0.1, 0.15) is 30.8 Å². The molecular weight excluding hydrogens is 272 g/mol. The molecule has 0 saturated carbocycles. The van der Waals surface area contributed by atoms with E-state index >= 15 is 0 Å². The third-order valence-corrected chi connectivity index (χ3v) is 4.43. The highest BCUT2D eigenvalue weighted by atomic mass is 32.2. The van der Waals surface area contributed by atoms with Crippen molar-refractivity contribution in [3.8, 4) is 0 Å². The predicted octanol–water partition coefficient (Wildman–Crippen LogP) is 2.48. The van der Waals surface area contributed by atoms with Crippen molar-refractivity contribution in [3.63, 3.8) is 0 Å². The molecule has 3 heterocycles. The number of nitrogens with zero attached hydrogens (tertiary/aromatic N) is 3. The molecule has 2 aromatic rings. The first kappa shape index (κ1) is 13.7. The van der Waals surface area contributed by atoms with Crippen molar-refractivity contribution in [2.45, 2.75) is 43.9 Å². The molecule has 20 heavy (non-hydrogen) atoms. The number of aromatic nitrogens is 3. The summed E-state index contributed by atoms with van der Waals surface area (Å²) in [6.07, 6.45) is 6.57. The molecule has 2 aromatic heterocycles. The fraction of sp³-hybridized carbons (Fsp3) is 0.571. The second-order valence-corrected chi connectivity index (χ2v) is 6.03. The van der Waals surface area contributed by atoms with E-state index in [0.717, 1.165) is 48.5 Å². The molecule has 0 spiro atoms. The Morgan fingerprint density at radius 3 is 3.20 bits per heavy atom. The van der Waals surface area contributed by atoms with Crippen molar-refractivity contribution in [1.82, 2.24) is 20.1 Å². The number of hydrogen-bond donors (Lipinski definition) is 1. The molecule has 1 aliphatic heterocycles. The molecule has 0 atom stereocenters. The summed E-state index contributed by atoms with van der Waals surface area (Å²) in [5, 5.41) is 13.1. The maximum Gasteiger partial charge on any atom is 0.191 e. The summed E-state index contributed by atoms with van der Waals surface area (Å²) in [4.78, 5) is 0. The van der Waals surface area contributed by atoms with Crippen LogP contribution in [0.2, 0.25) is 0 Å². The average molecular weight is 292 g/mol. The van der Waals surface area contributed by atoms with E-state index in [1.165, 1.54) is 19.3 Å². The van der Waals surface area contributed by atoms with Crippen LogP contribution in [0, 0.1) is 0 Å². The van der Waals surface area contributed by atoms with Gasteiger partial charge in [0, 0.05) is 25.3 Å². The van der Waals surface area contributed by atoms with Crippen LogP contribution in [0.3, 0.4) is 0 Å². The molecule has 0 aromatic carbocycles. The first-order valence-corrected chi connectivity index (χ1v) is 8.20. The number of hydrogen-bond acceptors (Lipinski definition) is 5. The summed E-state index contributed by atoms with van der Waals surface area (Å²) in [7, 11) is 0. The summed E-state index contributed by atoms with van der Waals surface area (Å²) in [6, 6.07) is 3.90. The van der Waals surface area contributed by atoms with Crippen LogP contribution in [-0.4, -0.2) is 27.1 Å². The SMILES string of the molecule is c1coc(CNCCSc2nnc3n2CCCCC3)c1. The zero-order chi connectivity index (χ0) is 13.6. The van der Waals surface area contributed by atoms with E-state index in [1.807, 2.05) is 12.1 Å². The minimum absolute atomic E-state index is 0.783. The van der Waals surface area contributed by atoms with Crippen molar-refractivity contribution in [2.24, 2.45) is 0 Å². The summed E-state index contributed by atoms with van der Waals surface area (Å²) in [5.74, 6) is 3.14. The standard InChI is InChI=1S/C14H20N4OS/c1-2-6-13-16-17-14(18(13)8-3-1)20-10-7-15-11-12-5-4-9-19-12/h4-5,9,15H,1-3,6-8,10-11H2. The first-order valence-electron chi connectivity index (χ1n) is 7.21. The predicted molar refractivity (Wildman–Crippen MR) is 78.7 cm³/mol. The Bertz CT molecular complexity index is 523. The summed E-state index contributed by atoms with van der Waals surface area (Å²) in [5.41, 5.74) is 0. The molecule has 1 N–H and O–H groups in total. The molecule has 0 aliphatic carbocycles. The Balaban J connectivity index is 1.43. The van der Waals surface area contributed by atoms with Gasteiger partial charge in [0.05, 0.1) is 12.8 Å². The Morgan fingerprint density at radius 1 is 1.30 bits per heavy atom. The molecule has 1 aliphatic rings. The van der Waals surface area contributed by atoms with E-state index in [0.29, 0.717) is 0 Å². The molecule has 0 radical (unpaired) electrons. The Kier molecular flexibility index (Phi) is 4.76. The third kappa shape index (κ3) is 3.43. The zero-order valence-electron chi connectivity index (χ0n) is 11.5. The van der Waals surface area contributed by atoms with Gasteiger partial charge in [0.2, 0.25) is 0 Å². The minimum Gasteiger partial charge on any atom is -0.468 e. The fourth-order valence-corrected chi connectivity index (χ4v) is 3.28. The van der Waals surface area contributed by atoms with Crippen LogP contribution in [0.4, 0.5) is 0 Å². The highest BCUT2D eigenvalue weighted by Crippen LogP contribution is 2.21. The molecule has 6 heteroatoms. The Hall–Kier alpha value is -1.27. The number of nitrogens with one attached hydrogen (secondary N) is 1. The van der Waals surface area contributed by atoms with Gasteiger partial charge < -0.3 is 14.3 Å². The minimum atomic E-state index is 0.783. The highest BCUT2D eigenvalue weighted by Gasteiger charge is 2.14. The van der Waals surface area contributed by atoms with Gasteiger partial charge in [0.1, 0.15) is 11.6 Å². The van der Waals surface area contributed by atoms with Gasteiger partial charge in [0.25, 0.3) is 0 Å². The lowest BCUT2D eigenvalue weighted by Gasteiger charge is -2.06. The second-order valence-electron chi connectivity index (χ2n) is 4.97. The van der Waals surface area contributed by atoms with Crippen LogP contribution in [-0.2, 0) is 19.5 Å². The van der Waals surface area contributed by atoms with Crippen LogP contribution in [0.5, 0.6) is 0 Å². The van der Waals surface area contributed by atoms with Gasteiger partial charge in [0.15, 0.2) is 5.16 Å². The van der Waals surface area contributed by atoms with E-state index in [9.17, 15) is 0 Å². The van der Waals surface area contributed by atoms with E-state index in [2.05, 4.69) is 20.1 Å². The smallest absolute Gasteiger partial charge is 0.191 e. The highest BCUT2D eigenvalue weighted by molar-refractivity contribution is 7.99. The summed E-state index contributed by atoms with van der Waals surface area (Å²) in [6.45, 7) is 2.80. The molecule has 0 unspecified atom stereocenters. The fourth-order valence-electron chi connectivity index (χ4n) is 2.40. The van der Waals surface area contributed by atoms with Crippen LogP contribution >= 0.6 is 11.8 Å². The molecule has 0 fully saturated rings. The van der Waals surface area contributed by atoms with E-state index < -0.39 is 0 Å². The van der Waals surface area contributed by atoms with E-state index in [4.69, 9.17) is 4.42 Å². The van der Waals surface area contributed by atoms with Gasteiger partial charge in [-0.2, -0.15) is 0 Å². The Morgan fingerprint density at radius 2 is 2.30 bits per heavy atom. The second kappa shape index (κ2) is 6.95. The zero-order valence-corrected chi connectivity index (χ0v) is 12.4. The molecule has 0 bridgehead atoms. The van der Waals surface area contributed by atoms with Gasteiger partial charge in [-0.15, -0.1) is 10.2 Å². The van der Waals surface area contributed by atoms with Crippen molar-refractivity contribution in [1.29, 1.82) is 0 Å². The van der Waals surface area contributed by atoms with Crippen molar-refractivity contribution >= 4 is 11.8 Å². The number of rotatable bonds is 6. The van der Waals surface area contributed by atoms with Gasteiger partial charge in [-0.1, -0.05) is 18.2 Å². The molecule has 0 amide bonds. The Labute approximate surface area is 123 Å². The van der Waals surface area contributed by atoms with Crippen LogP contribution < -0.4 is 5.32 Å². The molecule has 0 saturated heterocycles. The van der Waals surface area contributed by atoms with Gasteiger partial charge in [-0.25, -0.2) is 0 Å². The molecule has 3 rings (SSSR count). The molecule has 108 valence electrons. The average Bonchev–Trinajstić information content (AvgIpc) is 3.04. The number of thioether (sulfide) groups is 1. The van der Waals surface area contributed by atoms with Gasteiger partial charge in [-0.3, -0.25) is 0 Å². The maximum absolute atomic E-state index is 5.28. The summed E-state index contributed by atoms with van der Waals surface area (Å²) < 4.78 is 7.57. The number of furan rings is 1. The summed E-state index contributed by atoms with van der Waals surface area (Å²) >= 11 is 1.78. The lowest BCUT2D eigenvalue weighted by Crippen LogP contribution is -2.16. The largest absolute Gasteiger partial charge is 0.468 e. The van der Waals surface area contributed by atoms with Gasteiger partial charge >= 0.3 is 0 Å². The third-order valence-electron chi connectivity index (χ3n) is 3.46. The van der Waals surface area contributed by atoms with Crippen molar-refractivity contribution in [3.05, 3.63) is 30.0 Å². The lowest BCUT2D eigenvalue weighted by molar-refractivity contribution is 0.488. The number of aryl methyl sites for hydroxylation is 1. The number of fused-ring (bicyclic) bond motifs is 1. The monoisotopic (exact) mass is 292 g/mol. The normalized spacial score (nSPS) is 15.0. The first-order chi connectivity index (χ1) is 9.93. The quantitative estimate of drug-likeness (QED) is 0.655. The van der Waals surface area contributed by atoms with E-state index in [1.54, 1.807) is 18.0 Å². The lowest BCUT2D eigenvalue weighted by atomic mass is 10.2. The van der Waals surface area contributed by atoms with Crippen LogP contribution in [0.15, 0.2) is 28.0 Å². The van der Waals surface area contributed by atoms with Crippen molar-refractivity contribution in [2.75, 3.05) is 12.3 Å². The topological polar surface area (TPSA) is 55.9 Å². The van der Waals surface area contributed by atoms with E-state index in [-0.39, 0.29) is 0 Å². The molecule has 5 nitrogen and oxygen atoms in total. The van der Waals surface area contributed by atoms with Crippen molar-refractivity contribution < 1.29 is 4.42 Å². The molecular formula is C14H20N4OS.